The Morgan fingerprint density at radius 3 is 2.85 bits per heavy atom. The van der Waals surface area contributed by atoms with Crippen molar-refractivity contribution in [3.8, 4) is 17.7 Å². The Morgan fingerprint density at radius 2 is 2.31 bits per heavy atom. The lowest BCUT2D eigenvalue weighted by Gasteiger charge is -1.95. The van der Waals surface area contributed by atoms with Crippen LogP contribution in [0.2, 0.25) is 0 Å². The van der Waals surface area contributed by atoms with E-state index in [1.54, 1.807) is 13.3 Å². The summed E-state index contributed by atoms with van der Waals surface area (Å²) in [5.41, 5.74) is 0.965. The second kappa shape index (κ2) is 3.49. The van der Waals surface area contributed by atoms with Crippen LogP contribution in [0.4, 0.5) is 0 Å². The third-order valence-corrected chi connectivity index (χ3v) is 1.94. The van der Waals surface area contributed by atoms with Gasteiger partial charge in [-0.05, 0) is 18.9 Å². The summed E-state index contributed by atoms with van der Waals surface area (Å²) in [6.45, 7) is 0. The maximum atomic E-state index is 4.95. The summed E-state index contributed by atoms with van der Waals surface area (Å²) in [5, 5.41) is 0. The number of hydrogen-bond acceptors (Lipinski definition) is 2. The average molecular weight is 173 g/mol. The van der Waals surface area contributed by atoms with Crippen molar-refractivity contribution in [2.45, 2.75) is 12.8 Å². The molecule has 0 radical (unpaired) electrons. The summed E-state index contributed by atoms with van der Waals surface area (Å²) in [6, 6.07) is 3.76. The van der Waals surface area contributed by atoms with Gasteiger partial charge in [0.05, 0.1) is 7.11 Å². The van der Waals surface area contributed by atoms with Gasteiger partial charge in [0.15, 0.2) is 0 Å². The van der Waals surface area contributed by atoms with Gasteiger partial charge in [0.1, 0.15) is 0 Å². The van der Waals surface area contributed by atoms with E-state index in [0.717, 1.165) is 5.56 Å². The third kappa shape index (κ3) is 2.22. The highest BCUT2D eigenvalue weighted by molar-refractivity contribution is 5.34. The van der Waals surface area contributed by atoms with E-state index < -0.39 is 0 Å². The van der Waals surface area contributed by atoms with Crippen LogP contribution < -0.4 is 4.74 Å². The van der Waals surface area contributed by atoms with Gasteiger partial charge in [-0.3, -0.25) is 0 Å². The monoisotopic (exact) mass is 173 g/mol. The Kier molecular flexibility index (Phi) is 2.18. The first kappa shape index (κ1) is 8.12. The smallest absolute Gasteiger partial charge is 0.212 e. The fourth-order valence-electron chi connectivity index (χ4n) is 0.988. The fourth-order valence-corrected chi connectivity index (χ4v) is 0.988. The van der Waals surface area contributed by atoms with E-state index in [9.17, 15) is 0 Å². The molecular formula is C11H11NO. The van der Waals surface area contributed by atoms with Crippen LogP contribution in [0.3, 0.4) is 0 Å². The van der Waals surface area contributed by atoms with Gasteiger partial charge in [0.2, 0.25) is 5.88 Å². The molecule has 0 saturated heterocycles. The van der Waals surface area contributed by atoms with Crippen LogP contribution in [-0.2, 0) is 0 Å². The van der Waals surface area contributed by atoms with E-state index in [4.69, 9.17) is 4.74 Å². The molecule has 13 heavy (non-hydrogen) atoms. The fraction of sp³-hybridized carbons (Fsp3) is 0.364. The third-order valence-electron chi connectivity index (χ3n) is 1.94. The van der Waals surface area contributed by atoms with Crippen molar-refractivity contribution >= 4 is 0 Å². The van der Waals surface area contributed by atoms with E-state index in [2.05, 4.69) is 16.8 Å². The molecule has 0 aromatic carbocycles. The van der Waals surface area contributed by atoms with E-state index in [-0.39, 0.29) is 0 Å². The maximum absolute atomic E-state index is 4.95. The summed E-state index contributed by atoms with van der Waals surface area (Å²) in [5.74, 6) is 7.55. The molecule has 0 bridgehead atoms. The minimum Gasteiger partial charge on any atom is -0.481 e. The van der Waals surface area contributed by atoms with Crippen molar-refractivity contribution in [2.75, 3.05) is 7.11 Å². The van der Waals surface area contributed by atoms with Gasteiger partial charge >= 0.3 is 0 Å². The van der Waals surface area contributed by atoms with Crippen LogP contribution in [0, 0.1) is 17.8 Å². The lowest BCUT2D eigenvalue weighted by molar-refractivity contribution is 0.398. The molecule has 2 heteroatoms. The molecule has 0 amide bonds. The lowest BCUT2D eigenvalue weighted by atomic mass is 10.3. The highest BCUT2D eigenvalue weighted by Crippen LogP contribution is 2.27. The standard InChI is InChI=1S/C11H11NO/c1-13-11-7-6-10(8-12-11)5-4-9-2-3-9/h6-9H,2-3H2,1H3. The van der Waals surface area contributed by atoms with Crippen LogP contribution in [-0.4, -0.2) is 12.1 Å². The Balaban J connectivity index is 2.09. The van der Waals surface area contributed by atoms with Gasteiger partial charge in [-0.15, -0.1) is 0 Å². The molecule has 1 aliphatic rings. The topological polar surface area (TPSA) is 22.1 Å². The number of rotatable bonds is 1. The molecule has 1 aliphatic carbocycles. The first-order valence-corrected chi connectivity index (χ1v) is 4.40. The SMILES string of the molecule is COc1ccc(C#CC2CC2)cn1. The molecule has 0 atom stereocenters. The number of pyridine rings is 1. The Bertz CT molecular complexity index is 341. The second-order valence-corrected chi connectivity index (χ2v) is 3.13. The average Bonchev–Trinajstić information content (AvgIpc) is 2.99. The van der Waals surface area contributed by atoms with Gasteiger partial charge < -0.3 is 4.74 Å². The van der Waals surface area contributed by atoms with E-state index >= 15 is 0 Å². The summed E-state index contributed by atoms with van der Waals surface area (Å²) >= 11 is 0. The van der Waals surface area contributed by atoms with Crippen molar-refractivity contribution in [1.29, 1.82) is 0 Å². The van der Waals surface area contributed by atoms with Crippen molar-refractivity contribution in [1.82, 2.24) is 4.98 Å². The van der Waals surface area contributed by atoms with Crippen LogP contribution in [0.25, 0.3) is 0 Å². The quantitative estimate of drug-likeness (QED) is 0.605. The highest BCUT2D eigenvalue weighted by atomic mass is 16.5. The van der Waals surface area contributed by atoms with Crippen molar-refractivity contribution in [2.24, 2.45) is 5.92 Å². The van der Waals surface area contributed by atoms with Gasteiger partial charge in [0.25, 0.3) is 0 Å². The van der Waals surface area contributed by atoms with E-state index in [1.165, 1.54) is 12.8 Å². The number of nitrogens with zero attached hydrogens (tertiary/aromatic N) is 1. The van der Waals surface area contributed by atoms with Crippen molar-refractivity contribution in [3.05, 3.63) is 23.9 Å². The number of methoxy groups -OCH3 is 1. The van der Waals surface area contributed by atoms with Gasteiger partial charge in [-0.2, -0.15) is 0 Å². The molecule has 0 unspecified atom stereocenters. The van der Waals surface area contributed by atoms with Crippen LogP contribution >= 0.6 is 0 Å². The molecule has 1 aromatic heterocycles. The minimum absolute atomic E-state index is 0.636. The van der Waals surface area contributed by atoms with Gasteiger partial charge in [-0.1, -0.05) is 11.8 Å². The predicted molar refractivity (Wildman–Crippen MR) is 50.4 cm³/mol. The Morgan fingerprint density at radius 1 is 1.46 bits per heavy atom. The lowest BCUT2D eigenvalue weighted by Crippen LogP contribution is -1.86. The van der Waals surface area contributed by atoms with E-state index in [1.807, 2.05) is 12.1 Å². The van der Waals surface area contributed by atoms with Crippen LogP contribution in [0.1, 0.15) is 18.4 Å². The molecule has 2 nitrogen and oxygen atoms in total. The minimum atomic E-state index is 0.636. The molecule has 2 rings (SSSR count). The number of ether oxygens (including phenoxy) is 1. The van der Waals surface area contributed by atoms with Crippen LogP contribution in [0.5, 0.6) is 5.88 Å². The highest BCUT2D eigenvalue weighted by Gasteiger charge is 2.17. The van der Waals surface area contributed by atoms with Crippen LogP contribution in [0.15, 0.2) is 18.3 Å². The number of aromatic nitrogens is 1. The summed E-state index contributed by atoms with van der Waals surface area (Å²) < 4.78 is 4.95. The molecule has 66 valence electrons. The Labute approximate surface area is 77.9 Å². The van der Waals surface area contributed by atoms with Crippen molar-refractivity contribution < 1.29 is 4.74 Å². The first-order chi connectivity index (χ1) is 6.38. The molecule has 1 heterocycles. The largest absolute Gasteiger partial charge is 0.481 e. The molecule has 0 spiro atoms. The zero-order valence-electron chi connectivity index (χ0n) is 7.58. The second-order valence-electron chi connectivity index (χ2n) is 3.13. The Hall–Kier alpha value is -1.49. The van der Waals surface area contributed by atoms with Gasteiger partial charge in [0, 0.05) is 23.7 Å². The zero-order chi connectivity index (χ0) is 9.10. The molecule has 1 saturated carbocycles. The molecule has 0 N–H and O–H groups in total. The summed E-state index contributed by atoms with van der Waals surface area (Å²) in [6.07, 6.45) is 4.27. The normalized spacial score (nSPS) is 14.5. The van der Waals surface area contributed by atoms with E-state index in [0.29, 0.717) is 11.8 Å². The first-order valence-electron chi connectivity index (χ1n) is 4.40. The summed E-state index contributed by atoms with van der Waals surface area (Å²) in [4.78, 5) is 4.07. The predicted octanol–water partition coefficient (Wildman–Crippen LogP) is 1.85. The van der Waals surface area contributed by atoms with Gasteiger partial charge in [-0.25, -0.2) is 4.98 Å². The maximum Gasteiger partial charge on any atom is 0.212 e. The summed E-state index contributed by atoms with van der Waals surface area (Å²) in [7, 11) is 1.61. The molecule has 1 aromatic rings. The molecule has 1 fully saturated rings. The van der Waals surface area contributed by atoms with Crippen molar-refractivity contribution in [3.63, 3.8) is 0 Å². The zero-order valence-corrected chi connectivity index (χ0v) is 7.58. The molecule has 0 aliphatic heterocycles. The molecular weight excluding hydrogens is 162 g/mol. The number of hydrogen-bond donors (Lipinski definition) is 0.